The van der Waals surface area contributed by atoms with Crippen molar-refractivity contribution in [2.75, 3.05) is 0 Å². The third kappa shape index (κ3) is 3.28. The van der Waals surface area contributed by atoms with Gasteiger partial charge in [-0.3, -0.25) is 0 Å². The number of rotatable bonds is 5. The molecule has 0 radical (unpaired) electrons. The summed E-state index contributed by atoms with van der Waals surface area (Å²) in [6, 6.07) is 8.86. The van der Waals surface area contributed by atoms with E-state index in [2.05, 4.69) is 17.1 Å². The number of carbonyl (C=O) groups is 1. The fourth-order valence-corrected chi connectivity index (χ4v) is 1.68. The third-order valence-corrected chi connectivity index (χ3v) is 2.59. The second-order valence-corrected chi connectivity index (χ2v) is 4.05. The zero-order valence-electron chi connectivity index (χ0n) is 10.5. The minimum atomic E-state index is -1.09. The maximum Gasteiger partial charge on any atom is 0.341 e. The van der Waals surface area contributed by atoms with Crippen LogP contribution in [0.3, 0.4) is 0 Å². The van der Waals surface area contributed by atoms with E-state index in [-0.39, 0.29) is 11.4 Å². The van der Waals surface area contributed by atoms with Crippen molar-refractivity contribution >= 4 is 5.97 Å². The molecule has 5 heteroatoms. The predicted octanol–water partition coefficient (Wildman–Crippen LogP) is 2.92. The van der Waals surface area contributed by atoms with Gasteiger partial charge in [-0.2, -0.15) is 5.10 Å². The van der Waals surface area contributed by atoms with Crippen LogP contribution in [-0.2, 0) is 6.42 Å². The molecule has 0 aliphatic carbocycles. The van der Waals surface area contributed by atoms with Crippen molar-refractivity contribution in [2.24, 2.45) is 0 Å². The molecule has 19 heavy (non-hydrogen) atoms. The monoisotopic (exact) mass is 258 g/mol. The Morgan fingerprint density at radius 2 is 2.00 bits per heavy atom. The van der Waals surface area contributed by atoms with Crippen LogP contribution < -0.4 is 4.74 Å². The minimum absolute atomic E-state index is 0.00163. The van der Waals surface area contributed by atoms with Gasteiger partial charge in [0.1, 0.15) is 11.3 Å². The van der Waals surface area contributed by atoms with E-state index in [1.807, 2.05) is 12.1 Å². The van der Waals surface area contributed by atoms with Crippen molar-refractivity contribution in [1.82, 2.24) is 10.2 Å². The maximum atomic E-state index is 11.0. The fraction of sp³-hybridized carbons (Fsp3) is 0.214. The lowest BCUT2D eigenvalue weighted by atomic mass is 10.1. The van der Waals surface area contributed by atoms with E-state index in [9.17, 15) is 4.79 Å². The largest absolute Gasteiger partial charge is 0.477 e. The van der Waals surface area contributed by atoms with Gasteiger partial charge >= 0.3 is 5.97 Å². The number of aromatic nitrogens is 2. The molecule has 0 saturated carbocycles. The molecule has 1 heterocycles. The van der Waals surface area contributed by atoms with Crippen LogP contribution in [0.15, 0.2) is 36.5 Å². The van der Waals surface area contributed by atoms with Crippen LogP contribution >= 0.6 is 0 Å². The molecule has 98 valence electrons. The number of aromatic carboxylic acids is 1. The summed E-state index contributed by atoms with van der Waals surface area (Å²) in [6.45, 7) is 2.11. The number of benzene rings is 1. The van der Waals surface area contributed by atoms with Gasteiger partial charge in [0, 0.05) is 0 Å². The Morgan fingerprint density at radius 3 is 2.63 bits per heavy atom. The number of nitrogens with zero attached hydrogens (tertiary/aromatic N) is 2. The average molecular weight is 258 g/mol. The Balaban J connectivity index is 2.19. The maximum absolute atomic E-state index is 11.0. The van der Waals surface area contributed by atoms with Crippen LogP contribution in [0.2, 0.25) is 0 Å². The molecule has 2 aromatic rings. The zero-order chi connectivity index (χ0) is 13.7. The van der Waals surface area contributed by atoms with Gasteiger partial charge in [-0.15, -0.1) is 5.10 Å². The second kappa shape index (κ2) is 5.95. The van der Waals surface area contributed by atoms with Crippen LogP contribution in [0.1, 0.15) is 29.3 Å². The van der Waals surface area contributed by atoms with Gasteiger partial charge in [-0.05, 0) is 30.2 Å². The van der Waals surface area contributed by atoms with Gasteiger partial charge in [0.25, 0.3) is 5.88 Å². The van der Waals surface area contributed by atoms with E-state index in [4.69, 9.17) is 9.84 Å². The van der Waals surface area contributed by atoms with E-state index in [1.54, 1.807) is 12.1 Å². The summed E-state index contributed by atoms with van der Waals surface area (Å²) < 4.78 is 5.45. The lowest BCUT2D eigenvalue weighted by Crippen LogP contribution is -2.02. The highest BCUT2D eigenvalue weighted by Gasteiger charge is 2.13. The summed E-state index contributed by atoms with van der Waals surface area (Å²) in [4.78, 5) is 11.0. The molecule has 0 amide bonds. The number of carboxylic acid groups (broad SMARTS) is 1. The first-order chi connectivity index (χ1) is 9.20. The lowest BCUT2D eigenvalue weighted by Gasteiger charge is -2.07. The molecule has 1 aromatic carbocycles. The first kappa shape index (κ1) is 13.0. The number of carboxylic acids is 1. The van der Waals surface area contributed by atoms with Crippen molar-refractivity contribution < 1.29 is 14.6 Å². The second-order valence-electron chi connectivity index (χ2n) is 4.05. The van der Waals surface area contributed by atoms with Gasteiger partial charge in [-0.25, -0.2) is 4.79 Å². The Labute approximate surface area is 110 Å². The average Bonchev–Trinajstić information content (AvgIpc) is 2.42. The molecule has 2 rings (SSSR count). The van der Waals surface area contributed by atoms with Gasteiger partial charge in [-0.1, -0.05) is 25.5 Å². The number of hydrogen-bond donors (Lipinski definition) is 1. The van der Waals surface area contributed by atoms with Crippen molar-refractivity contribution in [3.05, 3.63) is 47.7 Å². The lowest BCUT2D eigenvalue weighted by molar-refractivity contribution is 0.0693. The van der Waals surface area contributed by atoms with Gasteiger partial charge in [0.15, 0.2) is 0 Å². The molecular formula is C14H14N2O3. The van der Waals surface area contributed by atoms with E-state index in [0.29, 0.717) is 5.75 Å². The molecule has 0 spiro atoms. The number of ether oxygens (including phenoxy) is 1. The van der Waals surface area contributed by atoms with Crippen LogP contribution in [0.5, 0.6) is 11.6 Å². The summed E-state index contributed by atoms with van der Waals surface area (Å²) in [5.74, 6) is -0.548. The SMILES string of the molecule is CCCc1ccc(Oc2nnccc2C(=O)O)cc1. The molecule has 0 unspecified atom stereocenters. The summed E-state index contributed by atoms with van der Waals surface area (Å²) in [7, 11) is 0. The molecule has 1 N–H and O–H groups in total. The molecule has 0 saturated heterocycles. The van der Waals surface area contributed by atoms with E-state index in [1.165, 1.54) is 17.8 Å². The van der Waals surface area contributed by atoms with E-state index >= 15 is 0 Å². The van der Waals surface area contributed by atoms with Crippen LogP contribution in [0.4, 0.5) is 0 Å². The Hall–Kier alpha value is -2.43. The van der Waals surface area contributed by atoms with Gasteiger partial charge < -0.3 is 9.84 Å². The molecule has 0 aliphatic heterocycles. The highest BCUT2D eigenvalue weighted by atomic mass is 16.5. The van der Waals surface area contributed by atoms with Crippen molar-refractivity contribution in [3.8, 4) is 11.6 Å². The topological polar surface area (TPSA) is 72.3 Å². The number of hydrogen-bond acceptors (Lipinski definition) is 4. The normalized spacial score (nSPS) is 10.2. The Bertz CT molecular complexity index is 567. The smallest absolute Gasteiger partial charge is 0.341 e. The number of aryl methyl sites for hydroxylation is 1. The third-order valence-electron chi connectivity index (χ3n) is 2.59. The summed E-state index contributed by atoms with van der Waals surface area (Å²) in [5, 5.41) is 16.3. The fourth-order valence-electron chi connectivity index (χ4n) is 1.68. The van der Waals surface area contributed by atoms with Gasteiger partial charge in [0.2, 0.25) is 0 Å². The highest BCUT2D eigenvalue weighted by molar-refractivity contribution is 5.90. The van der Waals surface area contributed by atoms with Crippen molar-refractivity contribution in [2.45, 2.75) is 19.8 Å². The molecule has 0 bridgehead atoms. The van der Waals surface area contributed by atoms with E-state index in [0.717, 1.165) is 12.8 Å². The summed E-state index contributed by atoms with van der Waals surface area (Å²) in [5.41, 5.74) is 1.21. The summed E-state index contributed by atoms with van der Waals surface area (Å²) in [6.07, 6.45) is 3.40. The zero-order valence-corrected chi connectivity index (χ0v) is 10.5. The highest BCUT2D eigenvalue weighted by Crippen LogP contribution is 2.22. The quantitative estimate of drug-likeness (QED) is 0.892. The predicted molar refractivity (Wildman–Crippen MR) is 69.5 cm³/mol. The van der Waals surface area contributed by atoms with Crippen LogP contribution in [0, 0.1) is 0 Å². The van der Waals surface area contributed by atoms with Crippen LogP contribution in [0.25, 0.3) is 0 Å². The van der Waals surface area contributed by atoms with Crippen molar-refractivity contribution in [3.63, 3.8) is 0 Å². The minimum Gasteiger partial charge on any atom is -0.477 e. The first-order valence-electron chi connectivity index (χ1n) is 6.02. The molecular weight excluding hydrogens is 244 g/mol. The summed E-state index contributed by atoms with van der Waals surface area (Å²) >= 11 is 0. The Kier molecular flexibility index (Phi) is 4.07. The standard InChI is InChI=1S/C14H14N2O3/c1-2-3-10-4-6-11(7-5-10)19-13-12(14(17)18)8-9-15-16-13/h4-9H,2-3H2,1H3,(H,17,18). The van der Waals surface area contributed by atoms with Crippen molar-refractivity contribution in [1.29, 1.82) is 0 Å². The molecule has 0 fully saturated rings. The molecule has 1 aromatic heterocycles. The molecule has 5 nitrogen and oxygen atoms in total. The van der Waals surface area contributed by atoms with Gasteiger partial charge in [0.05, 0.1) is 6.20 Å². The first-order valence-corrected chi connectivity index (χ1v) is 6.02. The van der Waals surface area contributed by atoms with Crippen LogP contribution in [-0.4, -0.2) is 21.3 Å². The Morgan fingerprint density at radius 1 is 1.26 bits per heavy atom. The molecule has 0 aliphatic rings. The molecule has 0 atom stereocenters. The van der Waals surface area contributed by atoms with E-state index < -0.39 is 5.97 Å².